The van der Waals surface area contributed by atoms with Crippen molar-refractivity contribution in [3.05, 3.63) is 24.3 Å². The van der Waals surface area contributed by atoms with Gasteiger partial charge in [0.05, 0.1) is 0 Å². The van der Waals surface area contributed by atoms with E-state index in [1.165, 1.54) is 32.6 Å². The van der Waals surface area contributed by atoms with E-state index in [-0.39, 0.29) is 12.3 Å². The summed E-state index contributed by atoms with van der Waals surface area (Å²) >= 11 is 0. The van der Waals surface area contributed by atoms with E-state index in [1.54, 1.807) is 0 Å². The first-order chi connectivity index (χ1) is 13.5. The Morgan fingerprint density at radius 1 is 1.14 bits per heavy atom. The Bertz CT molecular complexity index is 547. The second-order valence-electron chi connectivity index (χ2n) is 7.58. The zero-order chi connectivity index (χ0) is 20.8. The Morgan fingerprint density at radius 2 is 1.89 bits per heavy atom. The van der Waals surface area contributed by atoms with Crippen molar-refractivity contribution in [3.63, 3.8) is 0 Å². The zero-order valence-electron chi connectivity index (χ0n) is 17.4. The monoisotopic (exact) mass is 392 g/mol. The summed E-state index contributed by atoms with van der Waals surface area (Å²) < 4.78 is 4.45. The topological polar surface area (TPSA) is 80.7 Å². The van der Waals surface area contributed by atoms with E-state index in [0.717, 1.165) is 19.3 Å². The molecule has 0 amide bonds. The van der Waals surface area contributed by atoms with E-state index in [1.807, 2.05) is 12.2 Å². The molecule has 1 aliphatic rings. The lowest BCUT2D eigenvalue weighted by atomic mass is 9.91. The van der Waals surface area contributed by atoms with Crippen molar-refractivity contribution in [1.82, 2.24) is 0 Å². The van der Waals surface area contributed by atoms with Crippen molar-refractivity contribution < 1.29 is 24.2 Å². The van der Waals surface area contributed by atoms with Gasteiger partial charge in [0.1, 0.15) is 5.78 Å². The molecule has 5 heteroatoms. The highest BCUT2D eigenvalue weighted by atomic mass is 16.6. The summed E-state index contributed by atoms with van der Waals surface area (Å²) in [7, 11) is 0. The van der Waals surface area contributed by atoms with Crippen LogP contribution >= 0.6 is 0 Å². The van der Waals surface area contributed by atoms with Crippen LogP contribution in [-0.2, 0) is 19.1 Å². The predicted octanol–water partition coefficient (Wildman–Crippen LogP) is 4.68. The summed E-state index contributed by atoms with van der Waals surface area (Å²) in [6.07, 6.45) is 17.0. The maximum Gasteiger partial charge on any atom is 0.376 e. The van der Waals surface area contributed by atoms with Crippen LogP contribution in [0.3, 0.4) is 0 Å². The van der Waals surface area contributed by atoms with Crippen LogP contribution in [0.2, 0.25) is 0 Å². The summed E-state index contributed by atoms with van der Waals surface area (Å²) in [6.45, 7) is 3.49. The first-order valence-electron chi connectivity index (χ1n) is 10.7. The normalized spacial score (nSPS) is 20.9. The number of hydrogen-bond acceptors (Lipinski definition) is 5. The molecule has 0 aromatic rings. The number of Topliss-reactive ketones (excluding diaryl/α,β-unsaturated/α-hetero) is 2. The molecule has 0 aliphatic heterocycles. The number of aliphatic hydroxyl groups is 1. The molecule has 1 aliphatic carbocycles. The molecule has 5 nitrogen and oxygen atoms in total. The Balaban J connectivity index is 2.27. The smallest absolute Gasteiger partial charge is 0.376 e. The molecule has 0 saturated heterocycles. The summed E-state index contributed by atoms with van der Waals surface area (Å²) in [5.41, 5.74) is 0. The minimum atomic E-state index is -1.27. The molecule has 0 heterocycles. The van der Waals surface area contributed by atoms with Crippen molar-refractivity contribution in [2.24, 2.45) is 11.8 Å². The van der Waals surface area contributed by atoms with Crippen molar-refractivity contribution in [1.29, 1.82) is 0 Å². The van der Waals surface area contributed by atoms with Gasteiger partial charge in [-0.1, -0.05) is 50.5 Å². The van der Waals surface area contributed by atoms with Gasteiger partial charge in [-0.25, -0.2) is 4.79 Å². The van der Waals surface area contributed by atoms with Gasteiger partial charge in [0.15, 0.2) is 6.29 Å². The Labute approximate surface area is 169 Å². The molecular formula is C23H36O5. The van der Waals surface area contributed by atoms with Crippen molar-refractivity contribution in [3.8, 4) is 0 Å². The summed E-state index contributed by atoms with van der Waals surface area (Å²) in [4.78, 5) is 35.0. The molecule has 1 N–H and O–H groups in total. The van der Waals surface area contributed by atoms with Crippen LogP contribution in [0.1, 0.15) is 84.5 Å². The van der Waals surface area contributed by atoms with E-state index < -0.39 is 18.0 Å². The molecule has 0 bridgehead atoms. The highest BCUT2D eigenvalue weighted by molar-refractivity contribution is 6.33. The number of allylic oxidation sites excluding steroid dienone is 4. The van der Waals surface area contributed by atoms with Crippen LogP contribution in [0, 0.1) is 11.8 Å². The molecule has 1 rings (SSSR count). The van der Waals surface area contributed by atoms with E-state index in [2.05, 4.69) is 23.8 Å². The fourth-order valence-corrected chi connectivity index (χ4v) is 3.49. The van der Waals surface area contributed by atoms with E-state index in [4.69, 9.17) is 5.11 Å². The SMILES string of the molecule is CCCCCCC=C[C@H]1CCC(=O)[C@@H]1CC=CCCCC(=O)C(=O)OC(C)O. The second-order valence-corrected chi connectivity index (χ2v) is 7.58. The number of unbranched alkanes of at least 4 members (excludes halogenated alkanes) is 5. The van der Waals surface area contributed by atoms with Crippen molar-refractivity contribution >= 4 is 17.5 Å². The molecule has 158 valence electrons. The lowest BCUT2D eigenvalue weighted by molar-refractivity contribution is -0.170. The van der Waals surface area contributed by atoms with Gasteiger partial charge in [0.25, 0.3) is 0 Å². The van der Waals surface area contributed by atoms with Crippen LogP contribution in [0.5, 0.6) is 0 Å². The fourth-order valence-electron chi connectivity index (χ4n) is 3.49. The first-order valence-corrected chi connectivity index (χ1v) is 10.7. The lowest BCUT2D eigenvalue weighted by Crippen LogP contribution is -2.22. The summed E-state index contributed by atoms with van der Waals surface area (Å²) in [6, 6.07) is 0. The fraction of sp³-hybridized carbons (Fsp3) is 0.696. The summed E-state index contributed by atoms with van der Waals surface area (Å²) in [5, 5.41) is 8.92. The molecule has 1 saturated carbocycles. The maximum absolute atomic E-state index is 12.1. The minimum Gasteiger partial charge on any atom is -0.431 e. The van der Waals surface area contributed by atoms with Gasteiger partial charge in [0, 0.05) is 18.8 Å². The van der Waals surface area contributed by atoms with Gasteiger partial charge in [-0.3, -0.25) is 9.59 Å². The van der Waals surface area contributed by atoms with E-state index in [0.29, 0.717) is 31.0 Å². The Morgan fingerprint density at radius 3 is 2.61 bits per heavy atom. The molecule has 1 unspecified atom stereocenters. The average molecular weight is 393 g/mol. The minimum absolute atomic E-state index is 0.0748. The highest BCUT2D eigenvalue weighted by Crippen LogP contribution is 2.33. The van der Waals surface area contributed by atoms with Crippen LogP contribution in [0.25, 0.3) is 0 Å². The molecule has 0 aromatic carbocycles. The molecule has 3 atom stereocenters. The largest absolute Gasteiger partial charge is 0.431 e. The molecule has 1 fully saturated rings. The number of hydrogen-bond donors (Lipinski definition) is 1. The Hall–Kier alpha value is -1.75. The number of esters is 1. The van der Waals surface area contributed by atoms with Crippen molar-refractivity contribution in [2.75, 3.05) is 0 Å². The third-order valence-electron chi connectivity index (χ3n) is 5.10. The molecule has 0 spiro atoms. The first kappa shape index (κ1) is 24.3. The van der Waals surface area contributed by atoms with Crippen LogP contribution in [0.4, 0.5) is 0 Å². The van der Waals surface area contributed by atoms with Gasteiger partial charge < -0.3 is 9.84 Å². The lowest BCUT2D eigenvalue weighted by Gasteiger charge is -2.12. The molecule has 28 heavy (non-hydrogen) atoms. The van der Waals surface area contributed by atoms with Gasteiger partial charge >= 0.3 is 5.97 Å². The number of aliphatic hydroxyl groups excluding tert-OH is 1. The zero-order valence-corrected chi connectivity index (χ0v) is 17.4. The molecular weight excluding hydrogens is 356 g/mol. The summed E-state index contributed by atoms with van der Waals surface area (Å²) in [5.74, 6) is -0.837. The maximum atomic E-state index is 12.1. The van der Waals surface area contributed by atoms with Crippen LogP contribution in [-0.4, -0.2) is 28.9 Å². The molecule has 0 radical (unpaired) electrons. The quantitative estimate of drug-likeness (QED) is 0.153. The van der Waals surface area contributed by atoms with Crippen LogP contribution < -0.4 is 0 Å². The third kappa shape index (κ3) is 9.98. The number of ether oxygens (including phenoxy) is 1. The second kappa shape index (κ2) is 14.3. The van der Waals surface area contributed by atoms with E-state index >= 15 is 0 Å². The third-order valence-corrected chi connectivity index (χ3v) is 5.10. The number of carbonyl (C=O) groups is 3. The number of ketones is 2. The van der Waals surface area contributed by atoms with Gasteiger partial charge in [-0.2, -0.15) is 0 Å². The van der Waals surface area contributed by atoms with Gasteiger partial charge in [0.2, 0.25) is 5.78 Å². The molecule has 0 aromatic heterocycles. The van der Waals surface area contributed by atoms with E-state index in [9.17, 15) is 14.4 Å². The highest BCUT2D eigenvalue weighted by Gasteiger charge is 2.31. The number of carbonyl (C=O) groups excluding carboxylic acids is 3. The standard InChI is InChI=1S/C23H36O5/c1-3-4-5-6-7-10-13-19-16-17-21(25)20(19)14-11-8-9-12-15-22(26)23(27)28-18(2)24/h8,10-11,13,18-20,24H,3-7,9,12,14-17H2,1-2H3/t18?,19-,20+/m0/s1. The number of rotatable bonds is 14. The average Bonchev–Trinajstić information content (AvgIpc) is 3.00. The van der Waals surface area contributed by atoms with Gasteiger partial charge in [-0.15, -0.1) is 0 Å². The van der Waals surface area contributed by atoms with Gasteiger partial charge in [-0.05, 0) is 51.4 Å². The van der Waals surface area contributed by atoms with Crippen molar-refractivity contribution in [2.45, 2.75) is 90.8 Å². The van der Waals surface area contributed by atoms with Crippen LogP contribution in [0.15, 0.2) is 24.3 Å². The predicted molar refractivity (Wildman–Crippen MR) is 110 cm³/mol. The Kier molecular flexibility index (Phi) is 12.4.